The molecule has 3 aliphatic heterocycles. The van der Waals surface area contributed by atoms with Gasteiger partial charge >= 0.3 is 5.97 Å². The highest BCUT2D eigenvalue weighted by Gasteiger charge is 2.29. The SMILES string of the molecule is C=C(C)C(=O)OC1C=C2CCN1CC2. The van der Waals surface area contributed by atoms with E-state index < -0.39 is 0 Å². The van der Waals surface area contributed by atoms with E-state index in [0.29, 0.717) is 5.57 Å². The minimum absolute atomic E-state index is 0.142. The van der Waals surface area contributed by atoms with Crippen molar-refractivity contribution in [2.24, 2.45) is 0 Å². The minimum Gasteiger partial charge on any atom is -0.439 e. The average Bonchev–Trinajstić information content (AvgIpc) is 2.19. The zero-order valence-corrected chi connectivity index (χ0v) is 8.45. The number of ether oxygens (including phenoxy) is 1. The van der Waals surface area contributed by atoms with Gasteiger partial charge in [-0.15, -0.1) is 0 Å². The first-order valence-electron chi connectivity index (χ1n) is 4.97. The van der Waals surface area contributed by atoms with Gasteiger partial charge in [0.2, 0.25) is 0 Å². The van der Waals surface area contributed by atoms with Crippen LogP contribution in [0.5, 0.6) is 0 Å². The third kappa shape index (κ3) is 1.73. The summed E-state index contributed by atoms with van der Waals surface area (Å²) in [6.07, 6.45) is 4.17. The van der Waals surface area contributed by atoms with E-state index in [4.69, 9.17) is 4.74 Å². The molecule has 3 heteroatoms. The van der Waals surface area contributed by atoms with Crippen LogP contribution >= 0.6 is 0 Å². The van der Waals surface area contributed by atoms with Crippen LogP contribution in [-0.4, -0.2) is 30.2 Å². The van der Waals surface area contributed by atoms with E-state index in [1.165, 1.54) is 5.57 Å². The van der Waals surface area contributed by atoms with Gasteiger partial charge < -0.3 is 4.74 Å². The maximum absolute atomic E-state index is 11.3. The van der Waals surface area contributed by atoms with Crippen molar-refractivity contribution in [2.45, 2.75) is 26.0 Å². The molecule has 14 heavy (non-hydrogen) atoms. The lowest BCUT2D eigenvalue weighted by Gasteiger charge is -2.38. The number of rotatable bonds is 2. The van der Waals surface area contributed by atoms with Gasteiger partial charge in [0.25, 0.3) is 0 Å². The van der Waals surface area contributed by atoms with Gasteiger partial charge in [-0.2, -0.15) is 0 Å². The van der Waals surface area contributed by atoms with E-state index in [2.05, 4.69) is 17.6 Å². The Kier molecular flexibility index (Phi) is 2.42. The van der Waals surface area contributed by atoms with Crippen LogP contribution in [0.25, 0.3) is 0 Å². The summed E-state index contributed by atoms with van der Waals surface area (Å²) in [6, 6.07) is 0. The van der Waals surface area contributed by atoms with Crippen molar-refractivity contribution in [3.63, 3.8) is 0 Å². The van der Waals surface area contributed by atoms with E-state index in [1.54, 1.807) is 6.92 Å². The van der Waals surface area contributed by atoms with E-state index in [0.717, 1.165) is 25.9 Å². The molecule has 0 saturated carbocycles. The highest BCUT2D eigenvalue weighted by Crippen LogP contribution is 2.26. The summed E-state index contributed by atoms with van der Waals surface area (Å²) >= 11 is 0. The molecule has 76 valence electrons. The van der Waals surface area contributed by atoms with Gasteiger partial charge in [-0.3, -0.25) is 4.90 Å². The van der Waals surface area contributed by atoms with Crippen LogP contribution < -0.4 is 0 Å². The second-order valence-electron chi connectivity index (χ2n) is 3.94. The highest BCUT2D eigenvalue weighted by molar-refractivity contribution is 5.87. The van der Waals surface area contributed by atoms with Gasteiger partial charge in [0.15, 0.2) is 6.23 Å². The Morgan fingerprint density at radius 1 is 1.57 bits per heavy atom. The molecule has 0 N–H and O–H groups in total. The first-order valence-corrected chi connectivity index (χ1v) is 4.97. The topological polar surface area (TPSA) is 29.5 Å². The van der Waals surface area contributed by atoms with Crippen LogP contribution in [0.15, 0.2) is 23.8 Å². The highest BCUT2D eigenvalue weighted by atomic mass is 16.6. The monoisotopic (exact) mass is 193 g/mol. The molecule has 0 aromatic carbocycles. The quantitative estimate of drug-likeness (QED) is 0.378. The minimum atomic E-state index is -0.292. The van der Waals surface area contributed by atoms with Crippen LogP contribution in [0, 0.1) is 0 Å². The lowest BCUT2D eigenvalue weighted by atomic mass is 9.98. The van der Waals surface area contributed by atoms with Crippen LogP contribution in [0.3, 0.4) is 0 Å². The Bertz CT molecular complexity index is 296. The number of nitrogens with zero attached hydrogens (tertiary/aromatic N) is 1. The summed E-state index contributed by atoms with van der Waals surface area (Å²) in [5.41, 5.74) is 1.89. The normalized spacial score (nSPS) is 29.6. The number of hydrogen-bond acceptors (Lipinski definition) is 3. The number of hydrogen-bond donors (Lipinski definition) is 0. The first-order chi connectivity index (χ1) is 6.66. The van der Waals surface area contributed by atoms with Gasteiger partial charge in [0, 0.05) is 18.7 Å². The van der Waals surface area contributed by atoms with Crippen molar-refractivity contribution in [1.82, 2.24) is 4.90 Å². The molecule has 0 amide bonds. The summed E-state index contributed by atoms with van der Waals surface area (Å²) in [7, 11) is 0. The van der Waals surface area contributed by atoms with Crippen molar-refractivity contribution in [1.29, 1.82) is 0 Å². The Labute approximate surface area is 84.0 Å². The first kappa shape index (κ1) is 9.46. The van der Waals surface area contributed by atoms with Crippen LogP contribution in [0.2, 0.25) is 0 Å². The fourth-order valence-electron chi connectivity index (χ4n) is 1.86. The Morgan fingerprint density at radius 3 is 2.64 bits per heavy atom. The fraction of sp³-hybridized carbons (Fsp3) is 0.545. The Hall–Kier alpha value is -1.09. The van der Waals surface area contributed by atoms with Crippen molar-refractivity contribution in [3.05, 3.63) is 23.8 Å². The largest absolute Gasteiger partial charge is 0.439 e. The lowest BCUT2D eigenvalue weighted by molar-refractivity contribution is -0.151. The molecular formula is C11H15NO2. The van der Waals surface area contributed by atoms with Crippen molar-refractivity contribution < 1.29 is 9.53 Å². The van der Waals surface area contributed by atoms with Crippen LogP contribution in [0.1, 0.15) is 19.8 Å². The van der Waals surface area contributed by atoms with Gasteiger partial charge in [-0.1, -0.05) is 12.2 Å². The molecule has 0 aromatic rings. The zero-order valence-electron chi connectivity index (χ0n) is 8.45. The maximum atomic E-state index is 11.3. The summed E-state index contributed by atoms with van der Waals surface area (Å²) in [5, 5.41) is 0. The molecule has 0 spiro atoms. The molecule has 0 aliphatic carbocycles. The van der Waals surface area contributed by atoms with Crippen molar-refractivity contribution >= 4 is 5.97 Å². The number of carbonyl (C=O) groups excluding carboxylic acids is 1. The van der Waals surface area contributed by atoms with Gasteiger partial charge in [0.05, 0.1) is 0 Å². The van der Waals surface area contributed by atoms with Crippen molar-refractivity contribution in [2.75, 3.05) is 13.1 Å². The Morgan fingerprint density at radius 2 is 2.21 bits per heavy atom. The number of piperidine rings is 1. The van der Waals surface area contributed by atoms with E-state index in [9.17, 15) is 4.79 Å². The molecule has 3 heterocycles. The van der Waals surface area contributed by atoms with E-state index >= 15 is 0 Å². The molecule has 3 aliphatic rings. The molecule has 1 saturated heterocycles. The zero-order chi connectivity index (χ0) is 10.1. The summed E-state index contributed by atoms with van der Waals surface area (Å²) in [4.78, 5) is 13.5. The summed E-state index contributed by atoms with van der Waals surface area (Å²) in [6.45, 7) is 7.27. The standard InChI is InChI=1S/C11H15NO2/c1-8(2)11(13)14-10-7-9-3-5-12(10)6-4-9/h7,10H,1,3-6H2,2H3. The molecule has 1 atom stereocenters. The number of carbonyl (C=O) groups is 1. The summed E-state index contributed by atoms with van der Waals surface area (Å²) in [5.74, 6) is -0.292. The summed E-state index contributed by atoms with van der Waals surface area (Å²) < 4.78 is 5.30. The molecule has 0 aromatic heterocycles. The van der Waals surface area contributed by atoms with Gasteiger partial charge in [-0.05, 0) is 25.8 Å². The fourth-order valence-corrected chi connectivity index (χ4v) is 1.86. The van der Waals surface area contributed by atoms with E-state index in [1.807, 2.05) is 0 Å². The second kappa shape index (κ2) is 3.58. The molecule has 0 radical (unpaired) electrons. The average molecular weight is 193 g/mol. The number of esters is 1. The molecule has 3 nitrogen and oxygen atoms in total. The second-order valence-corrected chi connectivity index (χ2v) is 3.94. The van der Waals surface area contributed by atoms with Crippen LogP contribution in [0.4, 0.5) is 0 Å². The molecule has 1 unspecified atom stereocenters. The van der Waals surface area contributed by atoms with Gasteiger partial charge in [-0.25, -0.2) is 4.79 Å². The third-order valence-electron chi connectivity index (χ3n) is 2.75. The van der Waals surface area contributed by atoms with Crippen LogP contribution in [-0.2, 0) is 9.53 Å². The smallest absolute Gasteiger partial charge is 0.334 e. The molecule has 2 bridgehead atoms. The predicted octanol–water partition coefficient (Wildman–Crippen LogP) is 1.47. The predicted molar refractivity (Wildman–Crippen MR) is 53.6 cm³/mol. The molecule has 3 rings (SSSR count). The van der Waals surface area contributed by atoms with Gasteiger partial charge in [0.1, 0.15) is 0 Å². The number of fused-ring (bicyclic) bond motifs is 3. The maximum Gasteiger partial charge on any atom is 0.334 e. The third-order valence-corrected chi connectivity index (χ3v) is 2.75. The Balaban J connectivity index is 2.03. The van der Waals surface area contributed by atoms with Crippen molar-refractivity contribution in [3.8, 4) is 0 Å². The molecular weight excluding hydrogens is 178 g/mol. The lowest BCUT2D eigenvalue weighted by Crippen LogP contribution is -2.45. The molecule has 1 fully saturated rings. The van der Waals surface area contributed by atoms with E-state index in [-0.39, 0.29) is 12.2 Å².